The molecule has 9 N–H and O–H groups in total. The summed E-state index contributed by atoms with van der Waals surface area (Å²) in [4.78, 5) is 60.4. The maximum Gasteiger partial charge on any atom is 0.326 e. The van der Waals surface area contributed by atoms with Crippen LogP contribution in [-0.4, -0.2) is 70.6 Å². The van der Waals surface area contributed by atoms with E-state index in [0.717, 1.165) is 0 Å². The molecule has 0 aliphatic rings. The molecule has 196 valence electrons. The van der Waals surface area contributed by atoms with Gasteiger partial charge in [-0.25, -0.2) is 4.79 Å². The van der Waals surface area contributed by atoms with E-state index in [1.54, 1.807) is 13.8 Å². The minimum Gasteiger partial charge on any atom is -0.481 e. The van der Waals surface area contributed by atoms with E-state index in [1.807, 2.05) is 13.8 Å². The highest BCUT2D eigenvalue weighted by Gasteiger charge is 2.32. The van der Waals surface area contributed by atoms with Crippen molar-refractivity contribution in [2.24, 2.45) is 23.3 Å². The van der Waals surface area contributed by atoms with Gasteiger partial charge in [-0.15, -0.1) is 0 Å². The Morgan fingerprint density at radius 1 is 0.794 bits per heavy atom. The third-order valence-electron chi connectivity index (χ3n) is 5.15. The predicted molar refractivity (Wildman–Crippen MR) is 125 cm³/mol. The molecule has 0 aromatic carbocycles. The maximum atomic E-state index is 13.0. The summed E-state index contributed by atoms with van der Waals surface area (Å²) in [6.07, 6.45) is 1.23. The van der Waals surface area contributed by atoms with Gasteiger partial charge < -0.3 is 37.6 Å². The lowest BCUT2D eigenvalue weighted by atomic mass is 9.99. The molecule has 0 rings (SSSR count). The molecular weight excluding hydrogens is 446 g/mol. The topological polar surface area (TPSA) is 214 Å². The minimum absolute atomic E-state index is 0.0107. The molecule has 0 bridgehead atoms. The van der Waals surface area contributed by atoms with Gasteiger partial charge in [0.1, 0.15) is 18.1 Å². The van der Waals surface area contributed by atoms with E-state index in [-0.39, 0.29) is 37.5 Å². The first kappa shape index (κ1) is 31.3. The fourth-order valence-corrected chi connectivity index (χ4v) is 3.19. The molecule has 0 spiro atoms. The molecule has 0 aliphatic carbocycles. The second-order valence-corrected chi connectivity index (χ2v) is 9.14. The molecule has 12 nitrogen and oxygen atoms in total. The van der Waals surface area contributed by atoms with E-state index in [1.165, 1.54) is 0 Å². The van der Waals surface area contributed by atoms with Gasteiger partial charge in [0.15, 0.2) is 0 Å². The quantitative estimate of drug-likeness (QED) is 0.132. The molecule has 0 aromatic rings. The van der Waals surface area contributed by atoms with Gasteiger partial charge in [0.2, 0.25) is 17.7 Å². The van der Waals surface area contributed by atoms with Gasteiger partial charge in [-0.1, -0.05) is 27.7 Å². The molecule has 0 fully saturated rings. The van der Waals surface area contributed by atoms with Crippen LogP contribution in [0.2, 0.25) is 0 Å². The fourth-order valence-electron chi connectivity index (χ4n) is 3.19. The predicted octanol–water partition coefficient (Wildman–Crippen LogP) is -0.451. The van der Waals surface area contributed by atoms with E-state index in [9.17, 15) is 29.1 Å². The summed E-state index contributed by atoms with van der Waals surface area (Å²) in [6, 6.07) is -4.25. The van der Waals surface area contributed by atoms with Crippen molar-refractivity contribution in [3.05, 3.63) is 0 Å². The number of amides is 3. The average Bonchev–Trinajstić information content (AvgIpc) is 2.73. The van der Waals surface area contributed by atoms with Crippen molar-refractivity contribution in [3.8, 4) is 0 Å². The van der Waals surface area contributed by atoms with Crippen molar-refractivity contribution in [1.29, 1.82) is 0 Å². The number of nitrogens with two attached hydrogens (primary N) is 2. The molecule has 4 unspecified atom stereocenters. The molecule has 34 heavy (non-hydrogen) atoms. The van der Waals surface area contributed by atoms with Gasteiger partial charge >= 0.3 is 11.9 Å². The van der Waals surface area contributed by atoms with Crippen LogP contribution >= 0.6 is 0 Å². The summed E-state index contributed by atoms with van der Waals surface area (Å²) >= 11 is 0. The van der Waals surface area contributed by atoms with Crippen LogP contribution in [-0.2, 0) is 24.0 Å². The molecule has 12 heteroatoms. The first-order valence-electron chi connectivity index (χ1n) is 11.6. The summed E-state index contributed by atoms with van der Waals surface area (Å²) in [5.74, 6) is -4.55. The molecule has 0 heterocycles. The lowest BCUT2D eigenvalue weighted by molar-refractivity contribution is -0.143. The third-order valence-corrected chi connectivity index (χ3v) is 5.15. The Morgan fingerprint density at radius 3 is 1.85 bits per heavy atom. The minimum atomic E-state index is -1.18. The zero-order valence-electron chi connectivity index (χ0n) is 20.5. The highest BCUT2D eigenvalue weighted by atomic mass is 16.4. The van der Waals surface area contributed by atoms with Crippen molar-refractivity contribution in [1.82, 2.24) is 16.0 Å². The zero-order chi connectivity index (χ0) is 26.4. The molecule has 0 saturated carbocycles. The average molecular weight is 488 g/mol. The highest BCUT2D eigenvalue weighted by Crippen LogP contribution is 2.10. The Hall–Kier alpha value is -2.73. The Balaban J connectivity index is 5.35. The van der Waals surface area contributed by atoms with Crippen molar-refractivity contribution in [3.63, 3.8) is 0 Å². The molecule has 0 radical (unpaired) electrons. The van der Waals surface area contributed by atoms with E-state index in [2.05, 4.69) is 16.0 Å². The second kappa shape index (κ2) is 16.0. The van der Waals surface area contributed by atoms with Crippen LogP contribution < -0.4 is 27.4 Å². The number of carboxylic acids is 2. The first-order chi connectivity index (χ1) is 15.8. The third kappa shape index (κ3) is 12.5. The second-order valence-electron chi connectivity index (χ2n) is 9.14. The number of unbranched alkanes of at least 4 members (excludes halogenated alkanes) is 1. The molecular formula is C22H41N5O7. The van der Waals surface area contributed by atoms with Crippen LogP contribution in [0, 0.1) is 11.8 Å². The van der Waals surface area contributed by atoms with Gasteiger partial charge in [-0.3, -0.25) is 19.2 Å². The van der Waals surface area contributed by atoms with Crippen LogP contribution in [0.15, 0.2) is 0 Å². The van der Waals surface area contributed by atoms with Gasteiger partial charge in [0.25, 0.3) is 0 Å². The van der Waals surface area contributed by atoms with Crippen LogP contribution in [0.3, 0.4) is 0 Å². The highest BCUT2D eigenvalue weighted by molar-refractivity contribution is 5.94. The van der Waals surface area contributed by atoms with Crippen molar-refractivity contribution >= 4 is 29.7 Å². The summed E-state index contributed by atoms with van der Waals surface area (Å²) in [7, 11) is 0. The Labute approximate surface area is 200 Å². The van der Waals surface area contributed by atoms with Crippen LogP contribution in [0.1, 0.15) is 66.2 Å². The van der Waals surface area contributed by atoms with E-state index in [0.29, 0.717) is 19.4 Å². The Bertz CT molecular complexity index is 699. The van der Waals surface area contributed by atoms with Crippen LogP contribution in [0.4, 0.5) is 0 Å². The number of hydrogen-bond acceptors (Lipinski definition) is 7. The van der Waals surface area contributed by atoms with Crippen LogP contribution in [0.5, 0.6) is 0 Å². The Kier molecular flexibility index (Phi) is 14.7. The number of carbonyl (C=O) groups is 5. The van der Waals surface area contributed by atoms with Crippen molar-refractivity contribution in [2.45, 2.75) is 90.4 Å². The van der Waals surface area contributed by atoms with Crippen molar-refractivity contribution in [2.75, 3.05) is 6.54 Å². The van der Waals surface area contributed by atoms with Crippen molar-refractivity contribution < 1.29 is 34.2 Å². The Morgan fingerprint density at radius 2 is 1.38 bits per heavy atom. The SMILES string of the molecule is CC(C)CC(NC(=O)C(N)CCC(=O)O)C(=O)NC(C(=O)NC(CCCCN)C(=O)O)C(C)C. The van der Waals surface area contributed by atoms with Gasteiger partial charge in [-0.05, 0) is 50.5 Å². The summed E-state index contributed by atoms with van der Waals surface area (Å²) < 4.78 is 0. The monoisotopic (exact) mass is 487 g/mol. The van der Waals surface area contributed by atoms with E-state index >= 15 is 0 Å². The molecule has 4 atom stereocenters. The largest absolute Gasteiger partial charge is 0.481 e. The molecule has 0 saturated heterocycles. The van der Waals surface area contributed by atoms with E-state index in [4.69, 9.17) is 16.6 Å². The lowest BCUT2D eigenvalue weighted by Gasteiger charge is -2.27. The number of aliphatic carboxylic acids is 2. The van der Waals surface area contributed by atoms with Crippen LogP contribution in [0.25, 0.3) is 0 Å². The van der Waals surface area contributed by atoms with Gasteiger partial charge in [-0.2, -0.15) is 0 Å². The number of nitrogens with one attached hydrogen (secondary N) is 3. The lowest BCUT2D eigenvalue weighted by Crippen LogP contribution is -2.58. The molecule has 0 aliphatic heterocycles. The number of carboxylic acid groups (broad SMARTS) is 2. The summed E-state index contributed by atoms with van der Waals surface area (Å²) in [5, 5.41) is 25.8. The fraction of sp³-hybridized carbons (Fsp3) is 0.773. The zero-order valence-corrected chi connectivity index (χ0v) is 20.5. The standard InChI is InChI=1S/C22H41N5O7/c1-12(2)11-16(26-19(30)14(24)8-9-17(28)29)20(31)27-18(13(3)4)21(32)25-15(22(33)34)7-5-6-10-23/h12-16,18H,5-11,23-24H2,1-4H3,(H,25,32)(H,26,30)(H,27,31)(H,28,29)(H,33,34). The molecule has 0 aromatic heterocycles. The number of rotatable bonds is 17. The summed E-state index contributed by atoms with van der Waals surface area (Å²) in [5.41, 5.74) is 11.2. The van der Waals surface area contributed by atoms with E-state index < -0.39 is 53.8 Å². The smallest absolute Gasteiger partial charge is 0.326 e. The molecule has 3 amide bonds. The number of carbonyl (C=O) groups excluding carboxylic acids is 3. The maximum absolute atomic E-state index is 13.0. The number of hydrogen-bond donors (Lipinski definition) is 7. The summed E-state index contributed by atoms with van der Waals surface area (Å²) in [6.45, 7) is 7.51. The van der Waals surface area contributed by atoms with Gasteiger partial charge in [0.05, 0.1) is 6.04 Å². The first-order valence-corrected chi connectivity index (χ1v) is 11.6. The van der Waals surface area contributed by atoms with Gasteiger partial charge in [0, 0.05) is 6.42 Å². The normalized spacial score (nSPS) is 14.7.